The van der Waals surface area contributed by atoms with Gasteiger partial charge in [-0.2, -0.15) is 0 Å². The molecule has 1 heterocycles. The Balaban J connectivity index is 1.45. The molecule has 2 aromatic carbocycles. The molecule has 3 rings (SSSR count). The average molecular weight is 498 g/mol. The van der Waals surface area contributed by atoms with Crippen LogP contribution in [-0.2, 0) is 20.1 Å². The summed E-state index contributed by atoms with van der Waals surface area (Å²) in [5, 5.41) is 4.20. The molecule has 2 aromatic rings. The standard InChI is InChI=1S/C21H18F3N3O4S2/c22-14-5-6-15(19(24)18(14)23)27-16(28)9-26-17(29)10-31-20(30)13-4-2-1-3-12(13)11-33-21-25-7-8-32-21/h1-6H,7-11H2,(H,26,29)(H,27,28). The molecule has 0 aliphatic carbocycles. The Morgan fingerprint density at radius 2 is 1.85 bits per heavy atom. The van der Waals surface area contributed by atoms with Crippen molar-refractivity contribution in [1.82, 2.24) is 5.32 Å². The van der Waals surface area contributed by atoms with E-state index < -0.39 is 54.1 Å². The Kier molecular flexibility index (Phi) is 8.78. The fourth-order valence-corrected chi connectivity index (χ4v) is 4.66. The van der Waals surface area contributed by atoms with Gasteiger partial charge in [-0.25, -0.2) is 18.0 Å². The number of hydrogen-bond donors (Lipinski definition) is 2. The van der Waals surface area contributed by atoms with Crippen LogP contribution in [0.1, 0.15) is 15.9 Å². The number of aliphatic imine (C=N–C) groups is 1. The van der Waals surface area contributed by atoms with E-state index in [9.17, 15) is 27.6 Å². The summed E-state index contributed by atoms with van der Waals surface area (Å²) >= 11 is 3.17. The van der Waals surface area contributed by atoms with Crippen LogP contribution in [0.5, 0.6) is 0 Å². The predicted molar refractivity (Wildman–Crippen MR) is 121 cm³/mol. The average Bonchev–Trinajstić information content (AvgIpc) is 3.34. The second-order valence-corrected chi connectivity index (χ2v) is 8.87. The zero-order chi connectivity index (χ0) is 23.8. The minimum atomic E-state index is -1.72. The van der Waals surface area contributed by atoms with Crippen LogP contribution < -0.4 is 10.6 Å². The number of benzene rings is 2. The van der Waals surface area contributed by atoms with E-state index in [1.807, 2.05) is 5.32 Å². The zero-order valence-corrected chi connectivity index (χ0v) is 18.7. The first-order chi connectivity index (χ1) is 15.8. The van der Waals surface area contributed by atoms with Crippen molar-refractivity contribution < 1.29 is 32.3 Å². The molecular formula is C21H18F3N3O4S2. The van der Waals surface area contributed by atoms with Gasteiger partial charge >= 0.3 is 5.97 Å². The highest BCUT2D eigenvalue weighted by Gasteiger charge is 2.18. The summed E-state index contributed by atoms with van der Waals surface area (Å²) in [6, 6.07) is 8.34. The number of amides is 2. The third-order valence-electron chi connectivity index (χ3n) is 4.24. The predicted octanol–water partition coefficient (Wildman–Crippen LogP) is 3.35. The lowest BCUT2D eigenvalue weighted by molar-refractivity contribution is -0.126. The minimum absolute atomic E-state index is 0.313. The molecule has 33 heavy (non-hydrogen) atoms. The van der Waals surface area contributed by atoms with Gasteiger partial charge < -0.3 is 15.4 Å². The summed E-state index contributed by atoms with van der Waals surface area (Å²) in [5.74, 6) is -5.57. The quantitative estimate of drug-likeness (QED) is 0.429. The molecule has 2 amide bonds. The fourth-order valence-electron chi connectivity index (χ4n) is 2.64. The van der Waals surface area contributed by atoms with Crippen molar-refractivity contribution in [2.24, 2.45) is 4.99 Å². The maximum atomic E-state index is 13.6. The molecule has 0 fully saturated rings. The van der Waals surface area contributed by atoms with Crippen molar-refractivity contribution in [3.05, 3.63) is 65.0 Å². The monoisotopic (exact) mass is 497 g/mol. The Morgan fingerprint density at radius 1 is 1.06 bits per heavy atom. The molecule has 12 heteroatoms. The molecule has 0 radical (unpaired) electrons. The maximum absolute atomic E-state index is 13.6. The van der Waals surface area contributed by atoms with E-state index in [0.717, 1.165) is 28.3 Å². The van der Waals surface area contributed by atoms with Crippen molar-refractivity contribution >= 4 is 51.4 Å². The van der Waals surface area contributed by atoms with Crippen LogP contribution in [0.15, 0.2) is 41.4 Å². The molecule has 2 N–H and O–H groups in total. The molecule has 0 unspecified atom stereocenters. The number of anilines is 1. The van der Waals surface area contributed by atoms with Crippen LogP contribution in [0.3, 0.4) is 0 Å². The Labute approximate surface area is 195 Å². The van der Waals surface area contributed by atoms with Crippen molar-refractivity contribution in [3.8, 4) is 0 Å². The molecule has 1 aliphatic rings. The summed E-state index contributed by atoms with van der Waals surface area (Å²) in [4.78, 5) is 40.5. The third-order valence-corrected chi connectivity index (χ3v) is 6.54. The first-order valence-electron chi connectivity index (χ1n) is 9.60. The molecule has 174 valence electrons. The number of rotatable bonds is 8. The number of nitrogens with zero attached hydrogens (tertiary/aromatic N) is 1. The van der Waals surface area contributed by atoms with E-state index in [1.165, 1.54) is 11.8 Å². The number of halogens is 3. The number of thioether (sulfide) groups is 2. The van der Waals surface area contributed by atoms with Gasteiger partial charge in [0.25, 0.3) is 5.91 Å². The molecule has 1 aliphatic heterocycles. The van der Waals surface area contributed by atoms with E-state index in [4.69, 9.17) is 4.74 Å². The summed E-state index contributed by atoms with van der Waals surface area (Å²) in [6.45, 7) is -0.461. The lowest BCUT2D eigenvalue weighted by Crippen LogP contribution is -2.35. The van der Waals surface area contributed by atoms with Crippen molar-refractivity contribution in [3.63, 3.8) is 0 Å². The number of ether oxygens (including phenoxy) is 1. The lowest BCUT2D eigenvalue weighted by Gasteiger charge is -2.10. The van der Waals surface area contributed by atoms with Crippen molar-refractivity contribution in [2.45, 2.75) is 5.75 Å². The number of nitrogens with one attached hydrogen (secondary N) is 2. The Hall–Kier alpha value is -2.99. The topological polar surface area (TPSA) is 96.9 Å². The molecular weight excluding hydrogens is 479 g/mol. The van der Waals surface area contributed by atoms with Crippen LogP contribution in [0.4, 0.5) is 18.9 Å². The Morgan fingerprint density at radius 3 is 2.61 bits per heavy atom. The SMILES string of the molecule is O=C(COC(=O)c1ccccc1CSC1=NCCS1)NCC(=O)Nc1ccc(F)c(F)c1F. The second-order valence-electron chi connectivity index (χ2n) is 6.57. The number of carbonyl (C=O) groups is 3. The van der Waals surface area contributed by atoms with E-state index in [2.05, 4.69) is 10.3 Å². The fraction of sp³-hybridized carbons (Fsp3) is 0.238. The largest absolute Gasteiger partial charge is 0.452 e. The second kappa shape index (κ2) is 11.8. The highest BCUT2D eigenvalue weighted by Crippen LogP contribution is 2.26. The molecule has 7 nitrogen and oxygen atoms in total. The number of carbonyl (C=O) groups excluding carboxylic acids is 3. The van der Waals surface area contributed by atoms with Gasteiger partial charge in [-0.05, 0) is 23.8 Å². The number of esters is 1. The highest BCUT2D eigenvalue weighted by molar-refractivity contribution is 8.38. The van der Waals surface area contributed by atoms with E-state index in [-0.39, 0.29) is 0 Å². The van der Waals surface area contributed by atoms with Gasteiger partial charge in [0, 0.05) is 11.5 Å². The van der Waals surface area contributed by atoms with Crippen LogP contribution in [0.2, 0.25) is 0 Å². The minimum Gasteiger partial charge on any atom is -0.452 e. The van der Waals surface area contributed by atoms with Gasteiger partial charge in [0.2, 0.25) is 5.91 Å². The molecule has 0 bridgehead atoms. The smallest absolute Gasteiger partial charge is 0.338 e. The van der Waals surface area contributed by atoms with E-state index in [1.54, 1.807) is 36.0 Å². The summed E-state index contributed by atoms with van der Waals surface area (Å²) in [6.07, 6.45) is 0. The van der Waals surface area contributed by atoms with Crippen LogP contribution >= 0.6 is 23.5 Å². The molecule has 0 saturated carbocycles. The first kappa shape index (κ1) is 24.6. The molecule has 0 saturated heterocycles. The van der Waals surface area contributed by atoms with E-state index in [0.29, 0.717) is 17.4 Å². The van der Waals surface area contributed by atoms with Gasteiger partial charge in [-0.3, -0.25) is 14.6 Å². The van der Waals surface area contributed by atoms with Gasteiger partial charge in [0.1, 0.15) is 4.38 Å². The summed E-state index contributed by atoms with van der Waals surface area (Å²) < 4.78 is 45.7. The number of hydrogen-bond acceptors (Lipinski definition) is 7. The lowest BCUT2D eigenvalue weighted by atomic mass is 10.1. The zero-order valence-electron chi connectivity index (χ0n) is 17.0. The normalized spacial score (nSPS) is 12.8. The summed E-state index contributed by atoms with van der Waals surface area (Å²) in [7, 11) is 0. The molecule has 0 spiro atoms. The van der Waals surface area contributed by atoms with Crippen molar-refractivity contribution in [1.29, 1.82) is 0 Å². The third kappa shape index (κ3) is 6.99. The van der Waals surface area contributed by atoms with Gasteiger partial charge in [0.05, 0.1) is 24.3 Å². The van der Waals surface area contributed by atoms with Crippen LogP contribution in [-0.4, -0.2) is 47.6 Å². The van der Waals surface area contributed by atoms with Gasteiger partial charge in [-0.15, -0.1) is 0 Å². The van der Waals surface area contributed by atoms with Gasteiger partial charge in [0.15, 0.2) is 24.1 Å². The Bertz CT molecular complexity index is 1100. The maximum Gasteiger partial charge on any atom is 0.338 e. The molecule has 0 aromatic heterocycles. The van der Waals surface area contributed by atoms with Crippen LogP contribution in [0.25, 0.3) is 0 Å². The van der Waals surface area contributed by atoms with Crippen molar-refractivity contribution in [2.75, 3.05) is 30.8 Å². The molecule has 0 atom stereocenters. The highest BCUT2D eigenvalue weighted by atomic mass is 32.2. The summed E-state index contributed by atoms with van der Waals surface area (Å²) in [5.41, 5.74) is 0.472. The van der Waals surface area contributed by atoms with Gasteiger partial charge in [-0.1, -0.05) is 41.7 Å². The van der Waals surface area contributed by atoms with E-state index >= 15 is 0 Å². The first-order valence-corrected chi connectivity index (χ1v) is 11.6. The van der Waals surface area contributed by atoms with Crippen LogP contribution in [0, 0.1) is 17.5 Å².